The molecule has 24 heavy (non-hydrogen) atoms. The van der Waals surface area contributed by atoms with Crippen LogP contribution in [0.5, 0.6) is 5.75 Å². The van der Waals surface area contributed by atoms with E-state index in [0.29, 0.717) is 25.3 Å². The number of carbonyl (C=O) groups excluding carboxylic acids is 1. The predicted molar refractivity (Wildman–Crippen MR) is 95.5 cm³/mol. The summed E-state index contributed by atoms with van der Waals surface area (Å²) in [6.07, 6.45) is 1.84. The van der Waals surface area contributed by atoms with Crippen molar-refractivity contribution < 1.29 is 9.53 Å². The normalized spacial score (nSPS) is 15.5. The molecular formula is C18H23N3O2S. The highest BCUT2D eigenvalue weighted by atomic mass is 32.1. The molecule has 6 heteroatoms. The number of rotatable bonds is 4. The molecule has 2 aromatic rings. The smallest absolute Gasteiger partial charge is 0.273 e. The molecule has 1 fully saturated rings. The highest BCUT2D eigenvalue weighted by Gasteiger charge is 2.26. The molecule has 1 aliphatic rings. The Morgan fingerprint density at radius 3 is 2.58 bits per heavy atom. The molecule has 2 heterocycles. The zero-order valence-electron chi connectivity index (χ0n) is 14.1. The van der Waals surface area contributed by atoms with E-state index in [0.717, 1.165) is 34.7 Å². The number of aromatic nitrogens is 1. The van der Waals surface area contributed by atoms with Crippen molar-refractivity contribution in [2.45, 2.75) is 39.3 Å². The van der Waals surface area contributed by atoms with Gasteiger partial charge in [-0.25, -0.2) is 4.98 Å². The van der Waals surface area contributed by atoms with E-state index in [-0.39, 0.29) is 12.0 Å². The Morgan fingerprint density at radius 1 is 1.33 bits per heavy atom. The van der Waals surface area contributed by atoms with Gasteiger partial charge in [0.05, 0.1) is 0 Å². The number of nitrogens with zero attached hydrogens (tertiary/aromatic N) is 2. The topological polar surface area (TPSA) is 68.5 Å². The SMILES string of the molecule is Cc1cccc(C)c1OC1CCN(C(=O)c2csc(CN)n2)CC1. The number of carbonyl (C=O) groups is 1. The van der Waals surface area contributed by atoms with E-state index >= 15 is 0 Å². The lowest BCUT2D eigenvalue weighted by Gasteiger charge is -2.32. The Hall–Kier alpha value is -1.92. The van der Waals surface area contributed by atoms with Gasteiger partial charge < -0.3 is 15.4 Å². The average Bonchev–Trinajstić information content (AvgIpc) is 3.07. The maximum Gasteiger partial charge on any atom is 0.273 e. The van der Waals surface area contributed by atoms with Crippen LogP contribution in [0.3, 0.4) is 0 Å². The molecule has 0 radical (unpaired) electrons. The molecule has 3 rings (SSSR count). The van der Waals surface area contributed by atoms with Crippen molar-refractivity contribution in [3.63, 3.8) is 0 Å². The van der Waals surface area contributed by atoms with E-state index in [1.165, 1.54) is 11.3 Å². The fourth-order valence-corrected chi connectivity index (χ4v) is 3.64. The molecule has 0 spiro atoms. The molecule has 1 aliphatic heterocycles. The van der Waals surface area contributed by atoms with E-state index < -0.39 is 0 Å². The summed E-state index contributed by atoms with van der Waals surface area (Å²) in [5.41, 5.74) is 8.39. The van der Waals surface area contributed by atoms with Crippen LogP contribution in [0.1, 0.15) is 39.5 Å². The van der Waals surface area contributed by atoms with E-state index in [9.17, 15) is 4.79 Å². The number of para-hydroxylation sites is 1. The zero-order valence-corrected chi connectivity index (χ0v) is 14.9. The molecule has 5 nitrogen and oxygen atoms in total. The minimum Gasteiger partial charge on any atom is -0.490 e. The first-order valence-corrected chi connectivity index (χ1v) is 9.13. The Bertz CT molecular complexity index is 701. The van der Waals surface area contributed by atoms with Crippen molar-refractivity contribution in [2.24, 2.45) is 5.73 Å². The predicted octanol–water partition coefficient (Wildman–Crippen LogP) is 2.90. The number of hydrogen-bond acceptors (Lipinski definition) is 5. The standard InChI is InChI=1S/C18H23N3O2S/c1-12-4-3-5-13(2)17(12)23-14-6-8-21(9-7-14)18(22)15-11-24-16(10-19)20-15/h3-5,11,14H,6-10,19H2,1-2H3. The van der Waals surface area contributed by atoms with Crippen LogP contribution >= 0.6 is 11.3 Å². The number of piperidine rings is 1. The van der Waals surface area contributed by atoms with Crippen molar-refractivity contribution in [2.75, 3.05) is 13.1 Å². The number of amides is 1. The van der Waals surface area contributed by atoms with Crippen molar-refractivity contribution in [3.8, 4) is 5.75 Å². The van der Waals surface area contributed by atoms with Gasteiger partial charge in [-0.15, -0.1) is 11.3 Å². The summed E-state index contributed by atoms with van der Waals surface area (Å²) in [5.74, 6) is 0.978. The summed E-state index contributed by atoms with van der Waals surface area (Å²) in [6.45, 7) is 5.91. The number of hydrogen-bond donors (Lipinski definition) is 1. The maximum absolute atomic E-state index is 12.5. The van der Waals surface area contributed by atoms with E-state index in [4.69, 9.17) is 10.5 Å². The third-order valence-electron chi connectivity index (χ3n) is 4.37. The summed E-state index contributed by atoms with van der Waals surface area (Å²) >= 11 is 1.44. The van der Waals surface area contributed by atoms with Gasteiger partial charge >= 0.3 is 0 Å². The second-order valence-corrected chi connectivity index (χ2v) is 7.10. The highest BCUT2D eigenvalue weighted by Crippen LogP contribution is 2.26. The summed E-state index contributed by atoms with van der Waals surface area (Å²) in [4.78, 5) is 18.6. The van der Waals surface area contributed by atoms with Crippen LogP contribution in [0.2, 0.25) is 0 Å². The van der Waals surface area contributed by atoms with Crippen LogP contribution in [-0.4, -0.2) is 35.0 Å². The van der Waals surface area contributed by atoms with Crippen LogP contribution in [-0.2, 0) is 6.54 Å². The van der Waals surface area contributed by atoms with Gasteiger partial charge in [-0.05, 0) is 25.0 Å². The largest absolute Gasteiger partial charge is 0.490 e. The lowest BCUT2D eigenvalue weighted by Crippen LogP contribution is -2.42. The van der Waals surface area contributed by atoms with Gasteiger partial charge in [0.25, 0.3) is 5.91 Å². The molecule has 1 amide bonds. The number of thiazole rings is 1. The third kappa shape index (κ3) is 3.60. The second kappa shape index (κ2) is 7.32. The quantitative estimate of drug-likeness (QED) is 0.925. The van der Waals surface area contributed by atoms with Gasteiger partial charge in [-0.3, -0.25) is 4.79 Å². The van der Waals surface area contributed by atoms with Crippen molar-refractivity contribution >= 4 is 17.2 Å². The van der Waals surface area contributed by atoms with Gasteiger partial charge in [0.1, 0.15) is 22.6 Å². The first-order chi connectivity index (χ1) is 11.6. The van der Waals surface area contributed by atoms with E-state index in [2.05, 4.69) is 31.0 Å². The zero-order chi connectivity index (χ0) is 17.1. The maximum atomic E-state index is 12.5. The fraction of sp³-hybridized carbons (Fsp3) is 0.444. The number of ether oxygens (including phenoxy) is 1. The summed E-state index contributed by atoms with van der Waals surface area (Å²) < 4.78 is 6.20. The van der Waals surface area contributed by atoms with E-state index in [1.54, 1.807) is 5.38 Å². The molecule has 128 valence electrons. The van der Waals surface area contributed by atoms with Crippen LogP contribution in [0.4, 0.5) is 0 Å². The summed E-state index contributed by atoms with van der Waals surface area (Å²) in [5, 5.41) is 2.59. The van der Waals surface area contributed by atoms with Gasteiger partial charge in [0.2, 0.25) is 0 Å². The lowest BCUT2D eigenvalue weighted by molar-refractivity contribution is 0.0588. The first kappa shape index (κ1) is 16.9. The molecular weight excluding hydrogens is 322 g/mol. The van der Waals surface area contributed by atoms with E-state index in [1.807, 2.05) is 11.0 Å². The summed E-state index contributed by atoms with van der Waals surface area (Å²) in [6, 6.07) is 6.18. The minimum absolute atomic E-state index is 0.00327. The first-order valence-electron chi connectivity index (χ1n) is 8.25. The number of aryl methyl sites for hydroxylation is 2. The van der Waals surface area contributed by atoms with Gasteiger partial charge in [-0.1, -0.05) is 18.2 Å². The van der Waals surface area contributed by atoms with Crippen LogP contribution in [0, 0.1) is 13.8 Å². The Labute approximate surface area is 146 Å². The molecule has 1 saturated heterocycles. The average molecular weight is 345 g/mol. The lowest BCUT2D eigenvalue weighted by atomic mass is 10.1. The second-order valence-electron chi connectivity index (χ2n) is 6.16. The Kier molecular flexibility index (Phi) is 5.16. The third-order valence-corrected chi connectivity index (χ3v) is 5.24. The molecule has 0 saturated carbocycles. The molecule has 0 aliphatic carbocycles. The molecule has 0 unspecified atom stereocenters. The monoisotopic (exact) mass is 345 g/mol. The highest BCUT2D eigenvalue weighted by molar-refractivity contribution is 7.09. The number of likely N-dealkylation sites (tertiary alicyclic amines) is 1. The minimum atomic E-state index is -0.00327. The Balaban J connectivity index is 1.58. The molecule has 1 aromatic heterocycles. The number of benzene rings is 1. The molecule has 0 atom stereocenters. The van der Waals surface area contributed by atoms with Crippen LogP contribution in [0.15, 0.2) is 23.6 Å². The van der Waals surface area contributed by atoms with Gasteiger partial charge in [0, 0.05) is 37.9 Å². The van der Waals surface area contributed by atoms with Crippen molar-refractivity contribution in [3.05, 3.63) is 45.4 Å². The number of nitrogens with two attached hydrogens (primary N) is 1. The van der Waals surface area contributed by atoms with Crippen molar-refractivity contribution in [1.82, 2.24) is 9.88 Å². The molecule has 0 bridgehead atoms. The van der Waals surface area contributed by atoms with Crippen LogP contribution < -0.4 is 10.5 Å². The van der Waals surface area contributed by atoms with Gasteiger partial charge in [-0.2, -0.15) is 0 Å². The Morgan fingerprint density at radius 2 is 2.00 bits per heavy atom. The molecule has 1 aromatic carbocycles. The van der Waals surface area contributed by atoms with Crippen LogP contribution in [0.25, 0.3) is 0 Å². The molecule has 2 N–H and O–H groups in total. The summed E-state index contributed by atoms with van der Waals surface area (Å²) in [7, 11) is 0. The van der Waals surface area contributed by atoms with Gasteiger partial charge in [0.15, 0.2) is 0 Å². The fourth-order valence-electron chi connectivity index (χ4n) is 2.99. The van der Waals surface area contributed by atoms with Crippen molar-refractivity contribution in [1.29, 1.82) is 0 Å².